The van der Waals surface area contributed by atoms with Crippen molar-refractivity contribution in [3.05, 3.63) is 35.4 Å². The highest BCUT2D eigenvalue weighted by molar-refractivity contribution is 5.82. The van der Waals surface area contributed by atoms with Crippen LogP contribution >= 0.6 is 0 Å². The van der Waals surface area contributed by atoms with Crippen LogP contribution in [0.25, 0.3) is 10.9 Å². The quantitative estimate of drug-likeness (QED) is 0.779. The van der Waals surface area contributed by atoms with Gasteiger partial charge in [-0.3, -0.25) is 0 Å². The fraction of sp³-hybridized carbons (Fsp3) is 0.182. The van der Waals surface area contributed by atoms with Gasteiger partial charge in [-0.1, -0.05) is 0 Å². The topological polar surface area (TPSA) is 24.9 Å². The van der Waals surface area contributed by atoms with Crippen molar-refractivity contribution in [2.75, 3.05) is 12.4 Å². The zero-order valence-electron chi connectivity index (χ0n) is 8.44. The molecule has 0 aliphatic rings. The van der Waals surface area contributed by atoms with Crippen molar-refractivity contribution in [3.8, 4) is 0 Å². The van der Waals surface area contributed by atoms with E-state index in [-0.39, 0.29) is 5.52 Å². The molecule has 0 radical (unpaired) electrons. The Kier molecular flexibility index (Phi) is 2.26. The van der Waals surface area contributed by atoms with E-state index in [4.69, 9.17) is 0 Å². The molecule has 2 rings (SSSR count). The molecule has 1 N–H and O–H groups in total. The summed E-state index contributed by atoms with van der Waals surface area (Å²) in [7, 11) is 1.71. The van der Waals surface area contributed by atoms with E-state index in [0.29, 0.717) is 11.2 Å². The monoisotopic (exact) mass is 208 g/mol. The van der Waals surface area contributed by atoms with Gasteiger partial charge in [-0.05, 0) is 24.6 Å². The van der Waals surface area contributed by atoms with Crippen LogP contribution in [0, 0.1) is 18.6 Å². The maximum atomic E-state index is 13.4. The first-order chi connectivity index (χ1) is 7.11. The van der Waals surface area contributed by atoms with Crippen LogP contribution in [-0.4, -0.2) is 12.0 Å². The third kappa shape index (κ3) is 1.63. The minimum absolute atomic E-state index is 0.186. The van der Waals surface area contributed by atoms with Gasteiger partial charge in [-0.15, -0.1) is 0 Å². The highest BCUT2D eigenvalue weighted by atomic mass is 19.1. The number of anilines is 1. The van der Waals surface area contributed by atoms with Crippen molar-refractivity contribution in [1.29, 1.82) is 0 Å². The number of hydrogen-bond acceptors (Lipinski definition) is 2. The van der Waals surface area contributed by atoms with E-state index in [9.17, 15) is 8.78 Å². The number of halogens is 2. The lowest BCUT2D eigenvalue weighted by Crippen LogP contribution is -1.97. The Morgan fingerprint density at radius 3 is 2.60 bits per heavy atom. The number of fused-ring (bicyclic) bond motifs is 1. The molecule has 0 aliphatic heterocycles. The smallest absolute Gasteiger partial charge is 0.152 e. The summed E-state index contributed by atoms with van der Waals surface area (Å²) in [6.45, 7) is 1.83. The molecule has 0 fully saturated rings. The first-order valence-electron chi connectivity index (χ1n) is 4.56. The van der Waals surface area contributed by atoms with E-state index in [1.807, 2.05) is 6.92 Å². The minimum Gasteiger partial charge on any atom is -0.373 e. The number of nitrogens with zero attached hydrogens (tertiary/aromatic N) is 1. The molecule has 0 saturated carbocycles. The Hall–Kier alpha value is -1.71. The molecule has 0 amide bonds. The van der Waals surface area contributed by atoms with Crippen LogP contribution in [0.15, 0.2) is 18.2 Å². The summed E-state index contributed by atoms with van der Waals surface area (Å²) < 4.78 is 26.3. The van der Waals surface area contributed by atoms with E-state index < -0.39 is 11.6 Å². The summed E-state index contributed by atoms with van der Waals surface area (Å²) in [4.78, 5) is 4.08. The van der Waals surface area contributed by atoms with Crippen LogP contribution in [-0.2, 0) is 0 Å². The third-order valence-corrected chi connectivity index (χ3v) is 2.26. The molecule has 2 aromatic rings. The summed E-state index contributed by atoms with van der Waals surface area (Å²) in [5.41, 5.74) is 1.04. The van der Waals surface area contributed by atoms with Gasteiger partial charge in [-0.25, -0.2) is 13.8 Å². The first kappa shape index (κ1) is 9.83. The SMILES string of the molecule is CNc1nc2c(F)cc(F)cc2cc1C. The number of pyridine rings is 1. The lowest BCUT2D eigenvalue weighted by molar-refractivity contribution is 0.590. The van der Waals surface area contributed by atoms with Crippen molar-refractivity contribution >= 4 is 16.7 Å². The molecule has 15 heavy (non-hydrogen) atoms. The van der Waals surface area contributed by atoms with Crippen LogP contribution in [0.1, 0.15) is 5.56 Å². The van der Waals surface area contributed by atoms with Gasteiger partial charge in [0.05, 0.1) is 0 Å². The Bertz CT molecular complexity index is 523. The molecule has 4 heteroatoms. The molecule has 1 aromatic heterocycles. The Morgan fingerprint density at radius 1 is 1.20 bits per heavy atom. The number of aryl methyl sites for hydroxylation is 1. The lowest BCUT2D eigenvalue weighted by Gasteiger charge is -2.06. The predicted molar refractivity (Wildman–Crippen MR) is 55.9 cm³/mol. The Balaban J connectivity index is 2.81. The van der Waals surface area contributed by atoms with E-state index in [1.165, 1.54) is 6.07 Å². The van der Waals surface area contributed by atoms with Crippen LogP contribution in [0.5, 0.6) is 0 Å². The van der Waals surface area contributed by atoms with Gasteiger partial charge >= 0.3 is 0 Å². The summed E-state index contributed by atoms with van der Waals surface area (Å²) in [5, 5.41) is 3.33. The Labute approximate surface area is 85.9 Å². The molecular weight excluding hydrogens is 198 g/mol. The number of hydrogen-bond donors (Lipinski definition) is 1. The largest absolute Gasteiger partial charge is 0.373 e. The summed E-state index contributed by atoms with van der Waals surface area (Å²) in [6.07, 6.45) is 0. The van der Waals surface area contributed by atoms with Crippen molar-refractivity contribution in [1.82, 2.24) is 4.98 Å². The predicted octanol–water partition coefficient (Wildman–Crippen LogP) is 2.86. The lowest BCUT2D eigenvalue weighted by atomic mass is 10.1. The van der Waals surface area contributed by atoms with Gasteiger partial charge in [-0.2, -0.15) is 0 Å². The number of aromatic nitrogens is 1. The molecule has 0 bridgehead atoms. The second-order valence-electron chi connectivity index (χ2n) is 3.36. The second kappa shape index (κ2) is 3.46. The number of nitrogens with one attached hydrogen (secondary N) is 1. The minimum atomic E-state index is -0.638. The van der Waals surface area contributed by atoms with E-state index in [2.05, 4.69) is 10.3 Å². The fourth-order valence-electron chi connectivity index (χ4n) is 1.57. The van der Waals surface area contributed by atoms with Crippen LogP contribution in [0.4, 0.5) is 14.6 Å². The zero-order valence-corrected chi connectivity index (χ0v) is 8.44. The van der Waals surface area contributed by atoms with Gasteiger partial charge in [0.25, 0.3) is 0 Å². The second-order valence-corrected chi connectivity index (χ2v) is 3.36. The number of benzene rings is 1. The molecule has 1 heterocycles. The van der Waals surface area contributed by atoms with Crippen LogP contribution in [0.2, 0.25) is 0 Å². The van der Waals surface area contributed by atoms with Crippen LogP contribution < -0.4 is 5.32 Å². The molecule has 0 unspecified atom stereocenters. The van der Waals surface area contributed by atoms with Gasteiger partial charge in [0.2, 0.25) is 0 Å². The van der Waals surface area contributed by atoms with E-state index >= 15 is 0 Å². The number of rotatable bonds is 1. The molecule has 0 saturated heterocycles. The standard InChI is InChI=1S/C11H10F2N2/c1-6-3-7-4-8(12)5-9(13)10(7)15-11(6)14-2/h3-5H,1-2H3,(H,14,15). The van der Waals surface area contributed by atoms with Crippen LogP contribution in [0.3, 0.4) is 0 Å². The summed E-state index contributed by atoms with van der Waals surface area (Å²) >= 11 is 0. The fourth-order valence-corrected chi connectivity index (χ4v) is 1.57. The van der Waals surface area contributed by atoms with E-state index in [1.54, 1.807) is 13.1 Å². The average Bonchev–Trinajstić information content (AvgIpc) is 2.16. The zero-order chi connectivity index (χ0) is 11.0. The van der Waals surface area contributed by atoms with Gasteiger partial charge in [0, 0.05) is 18.5 Å². The van der Waals surface area contributed by atoms with Crippen molar-refractivity contribution in [2.45, 2.75) is 6.92 Å². The highest BCUT2D eigenvalue weighted by Crippen LogP contribution is 2.22. The van der Waals surface area contributed by atoms with E-state index in [0.717, 1.165) is 11.6 Å². The normalized spacial score (nSPS) is 10.7. The summed E-state index contributed by atoms with van der Waals surface area (Å²) in [5.74, 6) is -0.618. The maximum absolute atomic E-state index is 13.4. The van der Waals surface area contributed by atoms with Gasteiger partial charge in [0.15, 0.2) is 5.82 Å². The third-order valence-electron chi connectivity index (χ3n) is 2.26. The molecule has 0 atom stereocenters. The van der Waals surface area contributed by atoms with Crippen molar-refractivity contribution < 1.29 is 8.78 Å². The molecule has 1 aromatic carbocycles. The van der Waals surface area contributed by atoms with Gasteiger partial charge in [0.1, 0.15) is 17.2 Å². The van der Waals surface area contributed by atoms with Crippen molar-refractivity contribution in [3.63, 3.8) is 0 Å². The molecular formula is C11H10F2N2. The summed E-state index contributed by atoms with van der Waals surface area (Å²) in [6, 6.07) is 3.82. The molecule has 0 spiro atoms. The Morgan fingerprint density at radius 2 is 1.93 bits per heavy atom. The average molecular weight is 208 g/mol. The molecule has 78 valence electrons. The first-order valence-corrected chi connectivity index (χ1v) is 4.56. The molecule has 2 nitrogen and oxygen atoms in total. The molecule has 0 aliphatic carbocycles. The maximum Gasteiger partial charge on any atom is 0.152 e. The highest BCUT2D eigenvalue weighted by Gasteiger charge is 2.08. The van der Waals surface area contributed by atoms with Gasteiger partial charge < -0.3 is 5.32 Å². The van der Waals surface area contributed by atoms with Crippen molar-refractivity contribution in [2.24, 2.45) is 0 Å².